The van der Waals surface area contributed by atoms with Crippen molar-refractivity contribution < 1.29 is 4.79 Å². The fourth-order valence-corrected chi connectivity index (χ4v) is 2.92. The van der Waals surface area contributed by atoms with Crippen LogP contribution in [0.4, 0.5) is 0 Å². The van der Waals surface area contributed by atoms with E-state index in [0.29, 0.717) is 23.5 Å². The summed E-state index contributed by atoms with van der Waals surface area (Å²) in [5, 5.41) is 2.03. The van der Waals surface area contributed by atoms with E-state index in [4.69, 9.17) is 0 Å². The average Bonchev–Trinajstić information content (AvgIpc) is 2.51. The Balaban J connectivity index is 2.34. The molecule has 0 aromatic carbocycles. The van der Waals surface area contributed by atoms with Gasteiger partial charge in [-0.25, -0.2) is 0 Å². The van der Waals surface area contributed by atoms with E-state index in [2.05, 4.69) is 27.7 Å². The molecule has 0 bridgehead atoms. The van der Waals surface area contributed by atoms with E-state index < -0.39 is 0 Å². The standard InChI is InChI=1S/C14H22OS/c1-11(10-14(2,3)4)8-12(15)9-13-6-5-7-16-13/h5-7,11H,8-10H2,1-4H3. The van der Waals surface area contributed by atoms with Gasteiger partial charge in [0.25, 0.3) is 0 Å². The van der Waals surface area contributed by atoms with Gasteiger partial charge in [0, 0.05) is 17.7 Å². The molecule has 2 heteroatoms. The lowest BCUT2D eigenvalue weighted by Crippen LogP contribution is -2.15. The van der Waals surface area contributed by atoms with Gasteiger partial charge in [0.1, 0.15) is 5.78 Å². The molecule has 0 spiro atoms. The van der Waals surface area contributed by atoms with Crippen molar-refractivity contribution in [3.63, 3.8) is 0 Å². The van der Waals surface area contributed by atoms with Gasteiger partial charge < -0.3 is 0 Å². The van der Waals surface area contributed by atoms with Crippen LogP contribution in [-0.2, 0) is 11.2 Å². The number of hydrogen-bond acceptors (Lipinski definition) is 2. The maximum atomic E-state index is 11.8. The Kier molecular flexibility index (Phi) is 4.72. The van der Waals surface area contributed by atoms with Gasteiger partial charge in [-0.05, 0) is 29.2 Å². The maximum absolute atomic E-state index is 11.8. The molecule has 1 heterocycles. The van der Waals surface area contributed by atoms with Crippen molar-refractivity contribution in [2.75, 3.05) is 0 Å². The number of ketones is 1. The first-order chi connectivity index (χ1) is 7.37. The predicted octanol–water partition coefficient (Wildman–Crippen LogP) is 4.32. The summed E-state index contributed by atoms with van der Waals surface area (Å²) in [7, 11) is 0. The average molecular weight is 238 g/mol. The molecule has 0 aliphatic carbocycles. The molecule has 0 fully saturated rings. The summed E-state index contributed by atoms with van der Waals surface area (Å²) in [5.74, 6) is 0.867. The topological polar surface area (TPSA) is 17.1 Å². The molecule has 1 nitrogen and oxygen atoms in total. The van der Waals surface area contributed by atoms with E-state index in [1.165, 1.54) is 4.88 Å². The minimum atomic E-state index is 0.322. The first-order valence-electron chi connectivity index (χ1n) is 5.91. The van der Waals surface area contributed by atoms with Gasteiger partial charge in [0.15, 0.2) is 0 Å². The molecule has 0 N–H and O–H groups in total. The van der Waals surface area contributed by atoms with E-state index in [-0.39, 0.29) is 0 Å². The third-order valence-electron chi connectivity index (χ3n) is 2.49. The quantitative estimate of drug-likeness (QED) is 0.746. The van der Waals surface area contributed by atoms with Crippen molar-refractivity contribution >= 4 is 17.1 Å². The Morgan fingerprint density at radius 2 is 2.12 bits per heavy atom. The van der Waals surface area contributed by atoms with Gasteiger partial charge in [-0.3, -0.25) is 4.79 Å². The van der Waals surface area contributed by atoms with Crippen molar-refractivity contribution in [3.05, 3.63) is 22.4 Å². The zero-order valence-electron chi connectivity index (χ0n) is 10.7. The van der Waals surface area contributed by atoms with Gasteiger partial charge in [-0.2, -0.15) is 0 Å². The number of carbonyl (C=O) groups excluding carboxylic acids is 1. The largest absolute Gasteiger partial charge is 0.299 e. The highest BCUT2D eigenvalue weighted by Gasteiger charge is 2.17. The summed E-state index contributed by atoms with van der Waals surface area (Å²) in [5.41, 5.74) is 0.322. The normalized spacial score (nSPS) is 13.8. The van der Waals surface area contributed by atoms with Gasteiger partial charge in [-0.15, -0.1) is 11.3 Å². The highest BCUT2D eigenvalue weighted by Crippen LogP contribution is 2.26. The van der Waals surface area contributed by atoms with Crippen molar-refractivity contribution in [1.82, 2.24) is 0 Å². The van der Waals surface area contributed by atoms with Crippen LogP contribution in [0.3, 0.4) is 0 Å². The molecule has 0 radical (unpaired) electrons. The molecular weight excluding hydrogens is 216 g/mol. The van der Waals surface area contributed by atoms with Crippen LogP contribution in [0.1, 0.15) is 45.4 Å². The molecule has 90 valence electrons. The first kappa shape index (κ1) is 13.4. The molecule has 0 aliphatic rings. The van der Waals surface area contributed by atoms with E-state index >= 15 is 0 Å². The van der Waals surface area contributed by atoms with Gasteiger partial charge >= 0.3 is 0 Å². The third kappa shape index (κ3) is 5.45. The molecular formula is C14H22OS. The number of thiophene rings is 1. The monoisotopic (exact) mass is 238 g/mol. The van der Waals surface area contributed by atoms with Crippen LogP contribution < -0.4 is 0 Å². The third-order valence-corrected chi connectivity index (χ3v) is 3.36. The van der Waals surface area contributed by atoms with Crippen LogP contribution in [0, 0.1) is 11.3 Å². The highest BCUT2D eigenvalue weighted by atomic mass is 32.1. The Morgan fingerprint density at radius 3 is 2.62 bits per heavy atom. The molecule has 1 rings (SSSR count). The molecule has 0 amide bonds. The maximum Gasteiger partial charge on any atom is 0.138 e. The van der Waals surface area contributed by atoms with Crippen LogP contribution in [0.25, 0.3) is 0 Å². The Hall–Kier alpha value is -0.630. The minimum absolute atomic E-state index is 0.322. The van der Waals surface area contributed by atoms with Crippen LogP contribution in [0.2, 0.25) is 0 Å². The lowest BCUT2D eigenvalue weighted by Gasteiger charge is -2.22. The van der Waals surface area contributed by atoms with Crippen LogP contribution in [0.5, 0.6) is 0 Å². The van der Waals surface area contributed by atoms with Crippen LogP contribution in [-0.4, -0.2) is 5.78 Å². The number of carbonyl (C=O) groups is 1. The molecule has 0 saturated heterocycles. The fraction of sp³-hybridized carbons (Fsp3) is 0.643. The lowest BCUT2D eigenvalue weighted by molar-refractivity contribution is -0.119. The summed E-state index contributed by atoms with van der Waals surface area (Å²) in [4.78, 5) is 13.0. The Bertz CT molecular complexity index is 319. The van der Waals surface area contributed by atoms with E-state index in [9.17, 15) is 4.79 Å². The van der Waals surface area contributed by atoms with Crippen LogP contribution in [0.15, 0.2) is 17.5 Å². The highest BCUT2D eigenvalue weighted by molar-refractivity contribution is 7.10. The van der Waals surface area contributed by atoms with Crippen molar-refractivity contribution in [2.24, 2.45) is 11.3 Å². The summed E-state index contributed by atoms with van der Waals surface area (Å²) in [6.45, 7) is 8.87. The van der Waals surface area contributed by atoms with E-state index in [1.54, 1.807) is 11.3 Å². The van der Waals surface area contributed by atoms with Gasteiger partial charge in [-0.1, -0.05) is 33.8 Å². The van der Waals surface area contributed by atoms with Crippen molar-refractivity contribution in [1.29, 1.82) is 0 Å². The summed E-state index contributed by atoms with van der Waals surface area (Å²) < 4.78 is 0. The second kappa shape index (κ2) is 5.62. The Labute approximate surface area is 103 Å². The number of rotatable bonds is 5. The van der Waals surface area contributed by atoms with Crippen molar-refractivity contribution in [3.8, 4) is 0 Å². The van der Waals surface area contributed by atoms with Crippen LogP contribution >= 0.6 is 11.3 Å². The van der Waals surface area contributed by atoms with Gasteiger partial charge in [0.05, 0.1) is 0 Å². The smallest absolute Gasteiger partial charge is 0.138 e. The molecule has 16 heavy (non-hydrogen) atoms. The second-order valence-electron chi connectivity index (χ2n) is 5.87. The lowest BCUT2D eigenvalue weighted by atomic mass is 9.83. The fourth-order valence-electron chi connectivity index (χ4n) is 2.19. The summed E-state index contributed by atoms with van der Waals surface area (Å²) in [6.07, 6.45) is 2.45. The number of Topliss-reactive ketones (excluding diaryl/α,β-unsaturated/α-hetero) is 1. The molecule has 1 unspecified atom stereocenters. The second-order valence-corrected chi connectivity index (χ2v) is 6.90. The van der Waals surface area contributed by atoms with Crippen molar-refractivity contribution in [2.45, 2.75) is 47.0 Å². The predicted molar refractivity (Wildman–Crippen MR) is 70.9 cm³/mol. The molecule has 1 atom stereocenters. The molecule has 1 aromatic heterocycles. The zero-order chi connectivity index (χ0) is 12.2. The SMILES string of the molecule is CC(CC(=O)Cc1cccs1)CC(C)(C)C. The van der Waals surface area contributed by atoms with E-state index in [1.807, 2.05) is 17.5 Å². The first-order valence-corrected chi connectivity index (χ1v) is 6.79. The van der Waals surface area contributed by atoms with Gasteiger partial charge in [0.2, 0.25) is 0 Å². The number of hydrogen-bond donors (Lipinski definition) is 0. The summed E-state index contributed by atoms with van der Waals surface area (Å²) >= 11 is 1.67. The molecule has 0 aliphatic heterocycles. The summed E-state index contributed by atoms with van der Waals surface area (Å²) in [6, 6.07) is 4.04. The minimum Gasteiger partial charge on any atom is -0.299 e. The molecule has 0 saturated carbocycles. The molecule has 1 aromatic rings. The zero-order valence-corrected chi connectivity index (χ0v) is 11.6. The Morgan fingerprint density at radius 1 is 1.44 bits per heavy atom. The van der Waals surface area contributed by atoms with E-state index in [0.717, 1.165) is 12.8 Å².